The van der Waals surface area contributed by atoms with Crippen molar-refractivity contribution in [1.29, 1.82) is 0 Å². The number of nitrogens with two attached hydrogens (primary N) is 1. The van der Waals surface area contributed by atoms with Gasteiger partial charge in [-0.15, -0.1) is 0 Å². The van der Waals surface area contributed by atoms with E-state index in [9.17, 15) is 8.42 Å². The Balaban J connectivity index is 0.000000586. The number of pyridine rings is 1. The Morgan fingerprint density at radius 1 is 1.00 bits per heavy atom. The number of hydrogen-bond acceptors (Lipinski definition) is 6. The normalized spacial score (nSPS) is 14.2. The van der Waals surface area contributed by atoms with Crippen LogP contribution in [0.2, 0.25) is 0 Å². The van der Waals surface area contributed by atoms with Crippen molar-refractivity contribution in [2.24, 2.45) is 10.7 Å². The summed E-state index contributed by atoms with van der Waals surface area (Å²) in [5, 5.41) is 0. The maximum Gasteiger partial charge on any atom is 0.261 e. The Hall–Kier alpha value is -3.95. The second kappa shape index (κ2) is 11.9. The molecule has 0 unspecified atom stereocenters. The van der Waals surface area contributed by atoms with Crippen molar-refractivity contribution in [2.45, 2.75) is 31.8 Å². The van der Waals surface area contributed by atoms with Gasteiger partial charge in [0.25, 0.3) is 10.1 Å². The number of aliphatic imine (C=N–C) groups is 1. The lowest BCUT2D eigenvalue weighted by atomic mass is 10.1. The second-order valence-corrected chi connectivity index (χ2v) is 10.1. The van der Waals surface area contributed by atoms with Crippen molar-refractivity contribution < 1.29 is 22.1 Å². The summed E-state index contributed by atoms with van der Waals surface area (Å²) >= 11 is 0. The zero-order valence-electron chi connectivity index (χ0n) is 20.4. The van der Waals surface area contributed by atoms with Gasteiger partial charge in [-0.2, -0.15) is 8.42 Å². The van der Waals surface area contributed by atoms with Crippen LogP contribution in [0.15, 0.2) is 94.5 Å². The lowest BCUT2D eigenvalue weighted by Crippen LogP contribution is -2.14. The molecule has 0 atom stereocenters. The number of furan rings is 1. The lowest BCUT2D eigenvalue weighted by Gasteiger charge is -2.16. The third-order valence-electron chi connectivity index (χ3n) is 5.67. The molecule has 5 rings (SSSR count). The average molecular weight is 520 g/mol. The van der Waals surface area contributed by atoms with Gasteiger partial charge < -0.3 is 14.9 Å². The van der Waals surface area contributed by atoms with Crippen molar-refractivity contribution in [3.8, 4) is 28.4 Å². The van der Waals surface area contributed by atoms with E-state index in [1.54, 1.807) is 6.20 Å². The maximum absolute atomic E-state index is 9.19. The molecule has 8 nitrogen and oxygen atoms in total. The third kappa shape index (κ3) is 7.77. The van der Waals surface area contributed by atoms with E-state index in [-0.39, 0.29) is 6.10 Å². The minimum Gasteiger partial charge on any atom is -0.490 e. The molecule has 4 aromatic rings. The molecule has 0 amide bonds. The molecular formula is C28H29N3O5S. The van der Waals surface area contributed by atoms with E-state index in [1.165, 1.54) is 12.8 Å². The van der Waals surface area contributed by atoms with Gasteiger partial charge in [0.05, 0.1) is 23.6 Å². The molecule has 1 aliphatic rings. The number of amidine groups is 1. The molecule has 192 valence electrons. The number of rotatable bonds is 6. The molecule has 9 heteroatoms. The Kier molecular flexibility index (Phi) is 8.37. The molecule has 1 aliphatic carbocycles. The smallest absolute Gasteiger partial charge is 0.261 e. The van der Waals surface area contributed by atoms with Crippen LogP contribution < -0.4 is 10.5 Å². The fourth-order valence-corrected chi connectivity index (χ4v) is 4.02. The zero-order chi connectivity index (χ0) is 26.3. The molecule has 37 heavy (non-hydrogen) atoms. The quantitative estimate of drug-likeness (QED) is 0.185. The highest BCUT2D eigenvalue weighted by atomic mass is 32.2. The Morgan fingerprint density at radius 3 is 2.35 bits per heavy atom. The largest absolute Gasteiger partial charge is 0.490 e. The minimum atomic E-state index is -3.67. The topological polar surface area (TPSA) is 128 Å². The van der Waals surface area contributed by atoms with Gasteiger partial charge in [-0.1, -0.05) is 36.4 Å². The van der Waals surface area contributed by atoms with Gasteiger partial charge in [0, 0.05) is 17.8 Å². The van der Waals surface area contributed by atoms with Gasteiger partial charge in [-0.25, -0.2) is 4.99 Å². The fraction of sp³-hybridized carbons (Fsp3) is 0.214. The summed E-state index contributed by atoms with van der Waals surface area (Å²) in [7, 11) is -3.67. The molecule has 3 N–H and O–H groups in total. The molecule has 2 heterocycles. The minimum absolute atomic E-state index is 0.213. The molecule has 2 aromatic carbocycles. The van der Waals surface area contributed by atoms with E-state index in [4.69, 9.17) is 19.4 Å². The predicted molar refractivity (Wildman–Crippen MR) is 145 cm³/mol. The molecule has 0 bridgehead atoms. The summed E-state index contributed by atoms with van der Waals surface area (Å²) in [6, 6.07) is 25.5. The third-order valence-corrected chi connectivity index (χ3v) is 5.67. The van der Waals surface area contributed by atoms with Crippen LogP contribution in [-0.4, -0.2) is 36.1 Å². The molecule has 0 saturated heterocycles. The van der Waals surface area contributed by atoms with Crippen LogP contribution in [0.3, 0.4) is 0 Å². The number of aromatic nitrogens is 1. The molecule has 0 spiro atoms. The summed E-state index contributed by atoms with van der Waals surface area (Å²) in [4.78, 5) is 8.85. The van der Waals surface area contributed by atoms with E-state index >= 15 is 0 Å². The van der Waals surface area contributed by atoms with Gasteiger partial charge in [0.1, 0.15) is 28.8 Å². The summed E-state index contributed by atoms with van der Waals surface area (Å²) < 4.78 is 38.5. The first-order valence-corrected chi connectivity index (χ1v) is 13.8. The Labute approximate surface area is 216 Å². The van der Waals surface area contributed by atoms with Crippen LogP contribution in [0.4, 0.5) is 5.69 Å². The Morgan fingerprint density at radius 2 is 1.68 bits per heavy atom. The average Bonchev–Trinajstić information content (AvgIpc) is 3.57. The van der Waals surface area contributed by atoms with Crippen molar-refractivity contribution in [2.75, 3.05) is 6.26 Å². The first-order valence-electron chi connectivity index (χ1n) is 11.9. The highest BCUT2D eigenvalue weighted by Gasteiger charge is 2.20. The van der Waals surface area contributed by atoms with Crippen molar-refractivity contribution in [3.05, 3.63) is 90.8 Å². The number of hydrogen-bond donors (Lipinski definition) is 2. The van der Waals surface area contributed by atoms with Gasteiger partial charge in [-0.3, -0.25) is 9.54 Å². The standard InChI is InChI=1S/C27H25N3O2.CH4O3S/c28-27(23-12-6-7-17-29-23)30-20-13-14-22(26(18-20)31-21-10-4-5-11-21)25-16-15-24(32-25)19-8-2-1-3-9-19;1-5(2,3)4/h1-3,6-9,12-18,21H,4-5,10-11H2,(H2,28,30);1H3,(H,2,3,4). The van der Waals surface area contributed by atoms with E-state index < -0.39 is 10.1 Å². The van der Waals surface area contributed by atoms with Crippen molar-refractivity contribution >= 4 is 21.6 Å². The van der Waals surface area contributed by atoms with Gasteiger partial charge >= 0.3 is 0 Å². The molecule has 1 fully saturated rings. The summed E-state index contributed by atoms with van der Waals surface area (Å²) in [5.74, 6) is 2.73. The molecule has 2 aromatic heterocycles. The highest BCUT2D eigenvalue weighted by Crippen LogP contribution is 2.38. The van der Waals surface area contributed by atoms with E-state index in [2.05, 4.69) is 9.98 Å². The number of ether oxygens (including phenoxy) is 1. The molecule has 1 saturated carbocycles. The number of nitrogens with zero attached hydrogens (tertiary/aromatic N) is 2. The SMILES string of the molecule is CS(=O)(=O)O.NC(=Nc1ccc(-c2ccc(-c3ccccc3)o2)c(OC2CCCC2)c1)c1ccccn1. The summed E-state index contributed by atoms with van der Waals surface area (Å²) in [6.45, 7) is 0. The van der Waals surface area contributed by atoms with Gasteiger partial charge in [0.15, 0.2) is 0 Å². The highest BCUT2D eigenvalue weighted by molar-refractivity contribution is 7.85. The lowest BCUT2D eigenvalue weighted by molar-refractivity contribution is 0.211. The van der Waals surface area contributed by atoms with E-state index in [0.29, 0.717) is 17.8 Å². The van der Waals surface area contributed by atoms with E-state index in [1.807, 2.05) is 78.9 Å². The van der Waals surface area contributed by atoms with Crippen LogP contribution in [0, 0.1) is 0 Å². The summed E-state index contributed by atoms with van der Waals surface area (Å²) in [6.07, 6.45) is 7.16. The second-order valence-electron chi connectivity index (χ2n) is 8.68. The Bertz CT molecular complexity index is 1440. The number of benzene rings is 2. The zero-order valence-corrected chi connectivity index (χ0v) is 21.3. The molecule has 0 aliphatic heterocycles. The van der Waals surface area contributed by atoms with E-state index in [0.717, 1.165) is 46.9 Å². The van der Waals surface area contributed by atoms with Crippen LogP contribution in [0.25, 0.3) is 22.6 Å². The first kappa shape index (κ1) is 26.1. The summed E-state index contributed by atoms with van der Waals surface area (Å²) in [5.41, 5.74) is 9.51. The van der Waals surface area contributed by atoms with Crippen LogP contribution in [0.1, 0.15) is 31.4 Å². The van der Waals surface area contributed by atoms with Crippen LogP contribution in [-0.2, 0) is 10.1 Å². The molecular weight excluding hydrogens is 490 g/mol. The molecule has 0 radical (unpaired) electrons. The van der Waals surface area contributed by atoms with Gasteiger partial charge in [-0.05, 0) is 62.1 Å². The van der Waals surface area contributed by atoms with Crippen LogP contribution in [0.5, 0.6) is 5.75 Å². The first-order chi connectivity index (χ1) is 17.8. The van der Waals surface area contributed by atoms with Crippen molar-refractivity contribution in [3.63, 3.8) is 0 Å². The van der Waals surface area contributed by atoms with Crippen molar-refractivity contribution in [1.82, 2.24) is 4.98 Å². The van der Waals surface area contributed by atoms with Gasteiger partial charge in [0.2, 0.25) is 0 Å². The predicted octanol–water partition coefficient (Wildman–Crippen LogP) is 5.87. The maximum atomic E-state index is 9.19. The fourth-order valence-electron chi connectivity index (χ4n) is 4.02. The van der Waals surface area contributed by atoms with Crippen LogP contribution >= 0.6 is 0 Å². The monoisotopic (exact) mass is 519 g/mol.